The molecule has 38 heavy (non-hydrogen) atoms. The minimum atomic E-state index is -5.06. The standard InChI is InChI=1S/C23H25F4N5O5S/c1-12-17(22(34)31-37-10-4-9-32-7-2-3-8-32)19(23(25,26)27)15(29-12)11-13-18-14(24)5-6-16(38(28,35)36)20(18)30-21(13)33/h5-6,11,29H,2-4,7-10H2,1H3,(H,30,33)(H,31,34)(H2,28,35,36)/b13-11-. The molecule has 0 saturated carbocycles. The SMILES string of the molecule is Cc1[nH]c(/C=C2\C(=O)Nc3c(S(N)(=O)=O)ccc(F)c32)c(C(F)(F)F)c1C(=O)NOCCCN1CCCC1. The van der Waals surface area contributed by atoms with E-state index in [1.165, 1.54) is 6.92 Å². The van der Waals surface area contributed by atoms with Crippen molar-refractivity contribution in [2.75, 3.05) is 31.6 Å². The van der Waals surface area contributed by atoms with E-state index in [0.717, 1.165) is 44.6 Å². The summed E-state index contributed by atoms with van der Waals surface area (Å²) in [5.74, 6) is -3.27. The van der Waals surface area contributed by atoms with E-state index < -0.39 is 72.4 Å². The molecule has 1 fully saturated rings. The van der Waals surface area contributed by atoms with Gasteiger partial charge in [-0.25, -0.2) is 23.4 Å². The number of halogens is 4. The van der Waals surface area contributed by atoms with Crippen LogP contribution in [0.15, 0.2) is 17.0 Å². The number of carbonyl (C=O) groups excluding carboxylic acids is 2. The first-order chi connectivity index (χ1) is 17.8. The van der Waals surface area contributed by atoms with Crippen LogP contribution in [0.3, 0.4) is 0 Å². The number of aryl methyl sites for hydroxylation is 1. The van der Waals surface area contributed by atoms with Gasteiger partial charge in [0.1, 0.15) is 10.7 Å². The molecule has 1 saturated heterocycles. The number of hydrogen-bond acceptors (Lipinski definition) is 6. The van der Waals surface area contributed by atoms with Crippen LogP contribution in [-0.2, 0) is 25.8 Å². The third-order valence-electron chi connectivity index (χ3n) is 6.28. The molecule has 1 aromatic heterocycles. The number of alkyl halides is 3. The van der Waals surface area contributed by atoms with Gasteiger partial charge < -0.3 is 15.2 Å². The summed E-state index contributed by atoms with van der Waals surface area (Å²) < 4.78 is 80.7. The summed E-state index contributed by atoms with van der Waals surface area (Å²) >= 11 is 0. The minimum absolute atomic E-state index is 0.0899. The Morgan fingerprint density at radius 2 is 1.95 bits per heavy atom. The number of rotatable bonds is 8. The molecule has 2 amide bonds. The van der Waals surface area contributed by atoms with Crippen molar-refractivity contribution in [3.8, 4) is 0 Å². The number of nitrogens with zero attached hydrogens (tertiary/aromatic N) is 1. The van der Waals surface area contributed by atoms with E-state index in [2.05, 4.69) is 15.2 Å². The fourth-order valence-corrected chi connectivity index (χ4v) is 5.32. The Balaban J connectivity index is 1.64. The number of fused-ring (bicyclic) bond motifs is 1. The van der Waals surface area contributed by atoms with E-state index in [1.54, 1.807) is 0 Å². The fourth-order valence-electron chi connectivity index (χ4n) is 4.63. The van der Waals surface area contributed by atoms with Gasteiger partial charge in [-0.05, 0) is 57.5 Å². The second-order valence-electron chi connectivity index (χ2n) is 8.95. The Labute approximate surface area is 215 Å². The largest absolute Gasteiger partial charge is 0.419 e. The molecule has 2 aliphatic heterocycles. The second kappa shape index (κ2) is 10.5. The Morgan fingerprint density at radius 1 is 1.26 bits per heavy atom. The van der Waals surface area contributed by atoms with Gasteiger partial charge in [-0.15, -0.1) is 0 Å². The zero-order chi connectivity index (χ0) is 27.8. The predicted octanol–water partition coefficient (Wildman–Crippen LogP) is 2.77. The number of nitrogens with two attached hydrogens (primary N) is 1. The van der Waals surface area contributed by atoms with Gasteiger partial charge in [-0.2, -0.15) is 13.2 Å². The van der Waals surface area contributed by atoms with Gasteiger partial charge >= 0.3 is 6.18 Å². The third-order valence-corrected chi connectivity index (χ3v) is 7.23. The number of H-pyrrole nitrogens is 1. The van der Waals surface area contributed by atoms with Crippen molar-refractivity contribution in [1.82, 2.24) is 15.4 Å². The quantitative estimate of drug-likeness (QED) is 0.169. The number of hydrogen-bond donors (Lipinski definition) is 4. The number of aromatic nitrogens is 1. The van der Waals surface area contributed by atoms with Crippen LogP contribution in [0.4, 0.5) is 23.2 Å². The van der Waals surface area contributed by atoms with Gasteiger partial charge in [-0.3, -0.25) is 14.4 Å². The number of anilines is 1. The van der Waals surface area contributed by atoms with E-state index >= 15 is 0 Å². The van der Waals surface area contributed by atoms with Crippen LogP contribution in [0.25, 0.3) is 11.6 Å². The molecule has 1 aromatic carbocycles. The number of aromatic amines is 1. The monoisotopic (exact) mass is 559 g/mol. The molecular formula is C23H25F4N5O5S. The maximum atomic E-state index is 14.6. The van der Waals surface area contributed by atoms with E-state index in [0.29, 0.717) is 12.5 Å². The van der Waals surface area contributed by atoms with E-state index in [4.69, 9.17) is 9.98 Å². The number of hydroxylamine groups is 1. The lowest BCUT2D eigenvalue weighted by atomic mass is 10.0. The van der Waals surface area contributed by atoms with Crippen LogP contribution < -0.4 is 15.9 Å². The molecule has 5 N–H and O–H groups in total. The van der Waals surface area contributed by atoms with Crippen molar-refractivity contribution in [2.45, 2.75) is 37.3 Å². The zero-order valence-electron chi connectivity index (χ0n) is 20.2. The van der Waals surface area contributed by atoms with Crippen molar-refractivity contribution >= 4 is 39.2 Å². The molecule has 0 spiro atoms. The highest BCUT2D eigenvalue weighted by molar-refractivity contribution is 7.89. The number of nitrogens with one attached hydrogen (secondary N) is 3. The Hall–Kier alpha value is -3.27. The molecule has 3 heterocycles. The number of carbonyl (C=O) groups is 2. The fraction of sp³-hybridized carbons (Fsp3) is 0.391. The van der Waals surface area contributed by atoms with Gasteiger partial charge in [0.25, 0.3) is 11.8 Å². The summed E-state index contributed by atoms with van der Waals surface area (Å²) in [5.41, 5.74) is -2.65. The molecule has 0 bridgehead atoms. The first-order valence-corrected chi connectivity index (χ1v) is 13.2. The van der Waals surface area contributed by atoms with Crippen LogP contribution in [-0.4, -0.2) is 56.4 Å². The molecule has 15 heteroatoms. The number of benzene rings is 1. The highest BCUT2D eigenvalue weighted by atomic mass is 32.2. The van der Waals surface area contributed by atoms with Gasteiger partial charge in [0.05, 0.1) is 34.7 Å². The van der Waals surface area contributed by atoms with Crippen molar-refractivity contribution in [2.24, 2.45) is 5.14 Å². The number of sulfonamides is 1. The van der Waals surface area contributed by atoms with E-state index in [1.807, 2.05) is 5.48 Å². The molecular weight excluding hydrogens is 534 g/mol. The van der Waals surface area contributed by atoms with Crippen molar-refractivity contribution in [3.63, 3.8) is 0 Å². The second-order valence-corrected chi connectivity index (χ2v) is 10.5. The maximum absolute atomic E-state index is 14.6. The molecule has 0 unspecified atom stereocenters. The summed E-state index contributed by atoms with van der Waals surface area (Å²) in [6, 6.07) is 1.57. The maximum Gasteiger partial charge on any atom is 0.419 e. The minimum Gasteiger partial charge on any atom is -0.358 e. The summed E-state index contributed by atoms with van der Waals surface area (Å²) in [7, 11) is -4.39. The zero-order valence-corrected chi connectivity index (χ0v) is 21.0. The lowest BCUT2D eigenvalue weighted by Gasteiger charge is -2.14. The Kier molecular flexibility index (Phi) is 7.65. The van der Waals surface area contributed by atoms with Gasteiger partial charge in [0.15, 0.2) is 0 Å². The number of likely N-dealkylation sites (tertiary alicyclic amines) is 1. The first-order valence-electron chi connectivity index (χ1n) is 11.6. The molecule has 2 aromatic rings. The van der Waals surface area contributed by atoms with Crippen molar-refractivity contribution in [1.29, 1.82) is 0 Å². The van der Waals surface area contributed by atoms with Crippen molar-refractivity contribution < 1.29 is 40.4 Å². The average Bonchev–Trinajstić information content (AvgIpc) is 3.51. The number of amides is 2. The molecule has 10 nitrogen and oxygen atoms in total. The van der Waals surface area contributed by atoms with Crippen molar-refractivity contribution in [3.05, 3.63) is 46.0 Å². The molecule has 0 aliphatic carbocycles. The van der Waals surface area contributed by atoms with Crippen LogP contribution in [0.1, 0.15) is 52.1 Å². The van der Waals surface area contributed by atoms with Crippen LogP contribution in [0.5, 0.6) is 0 Å². The Bertz CT molecular complexity index is 1410. The highest BCUT2D eigenvalue weighted by Crippen LogP contribution is 2.42. The van der Waals surface area contributed by atoms with E-state index in [9.17, 15) is 35.6 Å². The summed E-state index contributed by atoms with van der Waals surface area (Å²) in [5, 5.41) is 7.26. The first kappa shape index (κ1) is 27.8. The Morgan fingerprint density at radius 3 is 2.58 bits per heavy atom. The molecule has 0 atom stereocenters. The van der Waals surface area contributed by atoms with Gasteiger partial charge in [0.2, 0.25) is 10.0 Å². The van der Waals surface area contributed by atoms with Crippen LogP contribution in [0.2, 0.25) is 0 Å². The third kappa shape index (κ3) is 5.60. The average molecular weight is 560 g/mol. The summed E-state index contributed by atoms with van der Waals surface area (Å²) in [4.78, 5) is 34.4. The molecule has 206 valence electrons. The molecule has 0 radical (unpaired) electrons. The van der Waals surface area contributed by atoms with Crippen LogP contribution >= 0.6 is 0 Å². The van der Waals surface area contributed by atoms with Gasteiger partial charge in [0, 0.05) is 17.8 Å². The van der Waals surface area contributed by atoms with Gasteiger partial charge in [-0.1, -0.05) is 0 Å². The lowest BCUT2D eigenvalue weighted by molar-refractivity contribution is -0.138. The lowest BCUT2D eigenvalue weighted by Crippen LogP contribution is -2.28. The highest BCUT2D eigenvalue weighted by Gasteiger charge is 2.41. The molecule has 4 rings (SSSR count). The smallest absolute Gasteiger partial charge is 0.358 e. The topological polar surface area (TPSA) is 147 Å². The van der Waals surface area contributed by atoms with Crippen LogP contribution in [0, 0.1) is 12.7 Å². The molecule has 2 aliphatic rings. The predicted molar refractivity (Wildman–Crippen MR) is 129 cm³/mol. The summed E-state index contributed by atoms with van der Waals surface area (Å²) in [6.45, 7) is 3.99. The van der Waals surface area contributed by atoms with E-state index in [-0.39, 0.29) is 12.3 Å². The summed E-state index contributed by atoms with van der Waals surface area (Å²) in [6.07, 6.45) is -1.57. The number of primary sulfonamides is 1. The normalized spacial score (nSPS) is 17.2.